The normalized spacial score (nSPS) is 13.0. The second kappa shape index (κ2) is 4.94. The van der Waals surface area contributed by atoms with Crippen molar-refractivity contribution in [1.82, 2.24) is 4.57 Å². The fourth-order valence-corrected chi connectivity index (χ4v) is 3.44. The first-order valence-corrected chi connectivity index (χ1v) is 8.19. The molecular formula is C12H25NSi. The Hall–Kier alpha value is -0.343. The van der Waals surface area contributed by atoms with Crippen molar-refractivity contribution >= 4 is 8.24 Å². The van der Waals surface area contributed by atoms with Gasteiger partial charge in [-0.15, -0.1) is 13.2 Å². The number of hydrogen-bond acceptors (Lipinski definition) is 1. The summed E-state index contributed by atoms with van der Waals surface area (Å²) in [7, 11) is -1.39. The zero-order chi connectivity index (χ0) is 11.4. The molecule has 0 radical (unpaired) electrons. The molecule has 0 bridgehead atoms. The summed E-state index contributed by atoms with van der Waals surface area (Å²) in [6.45, 7) is 21.4. The third-order valence-corrected chi connectivity index (χ3v) is 8.94. The topological polar surface area (TPSA) is 3.24 Å². The SMILES string of the molecule is C=CCN(CC=C)[Si](C)(C)C(C)(C)C. The highest BCUT2D eigenvalue weighted by Crippen LogP contribution is 2.37. The molecule has 0 rings (SSSR count). The van der Waals surface area contributed by atoms with E-state index in [-0.39, 0.29) is 0 Å². The number of nitrogens with zero attached hydrogens (tertiary/aromatic N) is 1. The fourth-order valence-electron chi connectivity index (χ4n) is 1.32. The largest absolute Gasteiger partial charge is 0.316 e. The van der Waals surface area contributed by atoms with Gasteiger partial charge < -0.3 is 4.57 Å². The quantitative estimate of drug-likeness (QED) is 0.495. The first-order valence-electron chi connectivity index (χ1n) is 5.24. The standard InChI is InChI=1S/C12H25NSi/c1-8-10-13(11-9-2)14(6,7)12(3,4)5/h8-9H,1-2,10-11H2,3-7H3. The van der Waals surface area contributed by atoms with Crippen LogP contribution in [-0.4, -0.2) is 25.9 Å². The zero-order valence-corrected chi connectivity index (χ0v) is 11.4. The summed E-state index contributed by atoms with van der Waals surface area (Å²) in [5.74, 6) is 0. The van der Waals surface area contributed by atoms with Gasteiger partial charge in [0.25, 0.3) is 0 Å². The van der Waals surface area contributed by atoms with Crippen LogP contribution in [0.15, 0.2) is 25.3 Å². The molecule has 0 atom stereocenters. The summed E-state index contributed by atoms with van der Waals surface area (Å²) >= 11 is 0. The number of hydrogen-bond donors (Lipinski definition) is 0. The first-order chi connectivity index (χ1) is 6.27. The maximum atomic E-state index is 3.82. The third-order valence-electron chi connectivity index (χ3n) is 3.32. The molecule has 0 aliphatic carbocycles. The molecule has 1 nitrogen and oxygen atoms in total. The van der Waals surface area contributed by atoms with Gasteiger partial charge in [-0.05, 0) is 5.04 Å². The summed E-state index contributed by atoms with van der Waals surface area (Å²) in [6, 6.07) is 0. The van der Waals surface area contributed by atoms with Crippen LogP contribution in [0.3, 0.4) is 0 Å². The van der Waals surface area contributed by atoms with Crippen molar-refractivity contribution in [3.05, 3.63) is 25.3 Å². The summed E-state index contributed by atoms with van der Waals surface area (Å²) in [5, 5.41) is 0.388. The van der Waals surface area contributed by atoms with Gasteiger partial charge in [0, 0.05) is 13.1 Å². The highest BCUT2D eigenvalue weighted by atomic mass is 28.3. The van der Waals surface area contributed by atoms with Gasteiger partial charge in [-0.3, -0.25) is 0 Å². The molecule has 82 valence electrons. The lowest BCUT2D eigenvalue weighted by Crippen LogP contribution is -2.54. The van der Waals surface area contributed by atoms with E-state index < -0.39 is 8.24 Å². The van der Waals surface area contributed by atoms with Crippen molar-refractivity contribution in [3.8, 4) is 0 Å². The lowest BCUT2D eigenvalue weighted by atomic mass is 10.2. The minimum atomic E-state index is -1.39. The van der Waals surface area contributed by atoms with Crippen LogP contribution in [0.25, 0.3) is 0 Å². The van der Waals surface area contributed by atoms with Crippen LogP contribution in [0, 0.1) is 0 Å². The molecule has 0 aromatic rings. The Bertz CT molecular complexity index is 191. The van der Waals surface area contributed by atoms with E-state index in [1.807, 2.05) is 12.2 Å². The minimum Gasteiger partial charge on any atom is -0.316 e. The van der Waals surface area contributed by atoms with Crippen LogP contribution in [0.2, 0.25) is 18.1 Å². The van der Waals surface area contributed by atoms with E-state index in [1.54, 1.807) is 0 Å². The molecule has 0 heterocycles. The zero-order valence-electron chi connectivity index (χ0n) is 10.4. The second-order valence-corrected chi connectivity index (χ2v) is 10.5. The van der Waals surface area contributed by atoms with Crippen molar-refractivity contribution in [2.24, 2.45) is 0 Å². The molecule has 0 aromatic heterocycles. The van der Waals surface area contributed by atoms with Gasteiger partial charge in [0.1, 0.15) is 8.24 Å². The van der Waals surface area contributed by atoms with Gasteiger partial charge in [-0.1, -0.05) is 46.0 Å². The molecule has 0 aromatic carbocycles. The summed E-state index contributed by atoms with van der Waals surface area (Å²) < 4.78 is 2.53. The molecule has 14 heavy (non-hydrogen) atoms. The van der Waals surface area contributed by atoms with Crippen LogP contribution >= 0.6 is 0 Å². The Morgan fingerprint density at radius 1 is 1.07 bits per heavy atom. The predicted octanol–water partition coefficient (Wildman–Crippen LogP) is 3.67. The molecule has 0 saturated carbocycles. The molecule has 0 spiro atoms. The van der Waals surface area contributed by atoms with E-state index in [2.05, 4.69) is 51.6 Å². The Morgan fingerprint density at radius 2 is 1.43 bits per heavy atom. The van der Waals surface area contributed by atoms with E-state index in [9.17, 15) is 0 Å². The van der Waals surface area contributed by atoms with Crippen molar-refractivity contribution in [2.75, 3.05) is 13.1 Å². The second-order valence-electron chi connectivity index (χ2n) is 5.29. The van der Waals surface area contributed by atoms with Gasteiger partial charge in [-0.25, -0.2) is 0 Å². The van der Waals surface area contributed by atoms with Gasteiger partial charge in [0.05, 0.1) is 0 Å². The van der Waals surface area contributed by atoms with Crippen molar-refractivity contribution in [1.29, 1.82) is 0 Å². The Balaban J connectivity index is 4.77. The Kier molecular flexibility index (Phi) is 4.82. The molecule has 2 heteroatoms. The minimum absolute atomic E-state index is 0.388. The molecular weight excluding hydrogens is 186 g/mol. The molecule has 0 fully saturated rings. The molecule has 0 unspecified atom stereocenters. The average molecular weight is 211 g/mol. The molecule has 0 saturated heterocycles. The lowest BCUT2D eigenvalue weighted by molar-refractivity contribution is 0.475. The monoisotopic (exact) mass is 211 g/mol. The van der Waals surface area contributed by atoms with Crippen LogP contribution in [-0.2, 0) is 0 Å². The third kappa shape index (κ3) is 3.10. The van der Waals surface area contributed by atoms with Crippen molar-refractivity contribution in [2.45, 2.75) is 38.9 Å². The summed E-state index contributed by atoms with van der Waals surface area (Å²) in [4.78, 5) is 0. The fraction of sp³-hybridized carbons (Fsp3) is 0.667. The summed E-state index contributed by atoms with van der Waals surface area (Å²) in [5.41, 5.74) is 0. The van der Waals surface area contributed by atoms with Crippen LogP contribution in [0.5, 0.6) is 0 Å². The van der Waals surface area contributed by atoms with Crippen LogP contribution in [0.4, 0.5) is 0 Å². The molecule has 0 aliphatic rings. The van der Waals surface area contributed by atoms with E-state index in [1.165, 1.54) is 0 Å². The van der Waals surface area contributed by atoms with Gasteiger partial charge in [0.15, 0.2) is 0 Å². The smallest absolute Gasteiger partial charge is 0.128 e. The van der Waals surface area contributed by atoms with Gasteiger partial charge >= 0.3 is 0 Å². The molecule has 0 aliphatic heterocycles. The highest BCUT2D eigenvalue weighted by molar-refractivity contribution is 6.77. The van der Waals surface area contributed by atoms with Crippen molar-refractivity contribution < 1.29 is 0 Å². The lowest BCUT2D eigenvalue weighted by Gasteiger charge is -2.45. The van der Waals surface area contributed by atoms with Crippen LogP contribution < -0.4 is 0 Å². The van der Waals surface area contributed by atoms with E-state index in [0.29, 0.717) is 5.04 Å². The Labute approximate surface area is 90.6 Å². The highest BCUT2D eigenvalue weighted by Gasteiger charge is 2.39. The predicted molar refractivity (Wildman–Crippen MR) is 69.2 cm³/mol. The van der Waals surface area contributed by atoms with Crippen LogP contribution in [0.1, 0.15) is 20.8 Å². The Morgan fingerprint density at radius 3 is 1.64 bits per heavy atom. The maximum absolute atomic E-state index is 3.82. The molecule has 0 N–H and O–H groups in total. The molecule has 0 amide bonds. The number of rotatable bonds is 5. The maximum Gasteiger partial charge on any atom is 0.128 e. The first kappa shape index (κ1) is 13.7. The summed E-state index contributed by atoms with van der Waals surface area (Å²) in [6.07, 6.45) is 3.98. The van der Waals surface area contributed by atoms with E-state index in [4.69, 9.17) is 0 Å². The van der Waals surface area contributed by atoms with Crippen molar-refractivity contribution in [3.63, 3.8) is 0 Å². The van der Waals surface area contributed by atoms with Gasteiger partial charge in [-0.2, -0.15) is 0 Å². The average Bonchev–Trinajstić information content (AvgIpc) is 2.02. The van der Waals surface area contributed by atoms with E-state index in [0.717, 1.165) is 13.1 Å². The van der Waals surface area contributed by atoms with Gasteiger partial charge in [0.2, 0.25) is 0 Å². The van der Waals surface area contributed by atoms with E-state index >= 15 is 0 Å².